The van der Waals surface area contributed by atoms with Crippen LogP contribution in [0, 0.1) is 46.3 Å². The summed E-state index contributed by atoms with van der Waals surface area (Å²) in [5, 5.41) is 21.4. The number of cyclic esters (lactones) is 1. The minimum Gasteiger partial charge on any atom is -0.462 e. The Morgan fingerprint density at radius 3 is 2.41 bits per heavy atom. The minimum absolute atomic E-state index is 0.0865. The van der Waals surface area contributed by atoms with Crippen LogP contribution in [0.4, 0.5) is 0 Å². The average Bonchev–Trinajstić information content (AvgIpc) is 4.12. The normalized spacial score (nSPS) is 45.8. The number of carbonyl (C=O) groups excluding carboxylic acids is 3. The van der Waals surface area contributed by atoms with Crippen molar-refractivity contribution in [1.29, 1.82) is 0 Å². The molecule has 0 aromatic heterocycles. The maximum Gasteiger partial charge on any atom is 0.334 e. The van der Waals surface area contributed by atoms with Crippen LogP contribution in [0.25, 0.3) is 0 Å². The molecule has 16 atom stereocenters. The first kappa shape index (κ1) is 46.0. The smallest absolute Gasteiger partial charge is 0.334 e. The fraction of sp³-hybridized carbons (Fsp3) is 0.755. The molecule has 13 heteroatoms. The van der Waals surface area contributed by atoms with Crippen molar-refractivity contribution in [2.45, 2.75) is 184 Å². The molecule has 2 spiro atoms. The highest BCUT2D eigenvalue weighted by atomic mass is 33.1. The van der Waals surface area contributed by atoms with Gasteiger partial charge in [-0.15, -0.1) is 0 Å². The van der Waals surface area contributed by atoms with E-state index < -0.39 is 35.1 Å². The molecule has 66 heavy (non-hydrogen) atoms. The molecular formula is C53H70O11S2. The van der Waals surface area contributed by atoms with Gasteiger partial charge in [-0.25, -0.2) is 4.79 Å². The third-order valence-corrected chi connectivity index (χ3v) is 21.5. The molecule has 6 saturated carbocycles. The van der Waals surface area contributed by atoms with E-state index in [9.17, 15) is 24.6 Å². The summed E-state index contributed by atoms with van der Waals surface area (Å²) in [6.45, 7) is 15.9. The fourth-order valence-corrected chi connectivity index (χ4v) is 17.3. The Kier molecular flexibility index (Phi) is 11.6. The first-order chi connectivity index (χ1) is 31.6. The van der Waals surface area contributed by atoms with Crippen molar-refractivity contribution in [2.75, 3.05) is 18.1 Å². The first-order valence-corrected chi connectivity index (χ1v) is 27.8. The number of aliphatic hydroxyl groups excluding tert-OH is 2. The number of carbonyl (C=O) groups is 3. The van der Waals surface area contributed by atoms with E-state index in [1.165, 1.54) is 24.8 Å². The Balaban J connectivity index is 0.652. The predicted octanol–water partition coefficient (Wildman–Crippen LogP) is 8.47. The zero-order valence-electron chi connectivity index (χ0n) is 39.4. The van der Waals surface area contributed by atoms with Gasteiger partial charge in [0, 0.05) is 35.3 Å². The molecule has 3 unspecified atom stereocenters. The highest BCUT2D eigenvalue weighted by Crippen LogP contribution is 2.83. The molecule has 0 aromatic rings. The van der Waals surface area contributed by atoms with Gasteiger partial charge in [0.1, 0.15) is 36.1 Å². The van der Waals surface area contributed by atoms with Crippen molar-refractivity contribution in [3.05, 3.63) is 58.7 Å². The van der Waals surface area contributed by atoms with Gasteiger partial charge in [0.15, 0.2) is 11.7 Å². The van der Waals surface area contributed by atoms with Crippen LogP contribution in [0.2, 0.25) is 0 Å². The number of hydrogen-bond donors (Lipinski definition) is 2. The van der Waals surface area contributed by atoms with E-state index >= 15 is 0 Å². The third kappa shape index (κ3) is 7.02. The van der Waals surface area contributed by atoms with Gasteiger partial charge in [-0.3, -0.25) is 9.59 Å². The molecule has 11 rings (SSSR count). The van der Waals surface area contributed by atoms with Gasteiger partial charge < -0.3 is 38.6 Å². The molecule has 360 valence electrons. The van der Waals surface area contributed by atoms with Crippen LogP contribution in [-0.2, 0) is 42.8 Å². The minimum atomic E-state index is -0.774. The van der Waals surface area contributed by atoms with E-state index in [2.05, 4.69) is 65.5 Å². The lowest BCUT2D eigenvalue weighted by Crippen LogP contribution is -2.70. The second-order valence-corrected chi connectivity index (χ2v) is 25.4. The largest absolute Gasteiger partial charge is 0.462 e. The molecule has 0 radical (unpaired) electrons. The van der Waals surface area contributed by atoms with Gasteiger partial charge in [0.25, 0.3) is 0 Å². The standard InChI is InChI=1S/C53H70O11S2/c1-28(2)51-45(63-51)46-53(64-46)50(6)21-17-35-36(27-59-47(35)58)39(50)26-42-52(53,62-42)48(51)61-44(57)19-23-66-65-22-18-43(56)60-34-24-33(30(4)41(55)25-34)13-10-31-8-7-20-49(5)37(14-15-38(31)49)29(3)9-16-40(54)32-11-12-32/h9-10,13,16,28-29,32,34,37-42,45-46,48,54-55H,4,7-8,11-12,14-15,17-27H2,1-3,5-6H3/b16-9+,31-10+,33-13-/t29-,34+,37?,38?,39-,40?,41-,42-,45-,46-,48+,49+,50-,51-,52+,53+/m0/s1. The van der Waals surface area contributed by atoms with Gasteiger partial charge in [0.2, 0.25) is 0 Å². The fourth-order valence-electron chi connectivity index (χ4n) is 15.3. The van der Waals surface area contributed by atoms with Crippen LogP contribution >= 0.6 is 21.6 Å². The Morgan fingerprint density at radius 1 is 0.909 bits per heavy atom. The summed E-state index contributed by atoms with van der Waals surface area (Å²) in [5.74, 6) is 2.47. The van der Waals surface area contributed by atoms with E-state index in [4.69, 9.17) is 28.4 Å². The van der Waals surface area contributed by atoms with E-state index in [0.29, 0.717) is 66.6 Å². The molecule has 9 fully saturated rings. The van der Waals surface area contributed by atoms with Crippen LogP contribution in [0.5, 0.6) is 0 Å². The van der Waals surface area contributed by atoms with Crippen LogP contribution in [0.3, 0.4) is 0 Å². The monoisotopic (exact) mass is 946 g/mol. The van der Waals surface area contributed by atoms with Crippen LogP contribution in [-0.4, -0.2) is 106 Å². The van der Waals surface area contributed by atoms with Crippen molar-refractivity contribution in [2.24, 2.45) is 46.3 Å². The Hall–Kier alpha value is -2.39. The van der Waals surface area contributed by atoms with Crippen molar-refractivity contribution in [3.8, 4) is 0 Å². The second kappa shape index (κ2) is 16.6. The highest BCUT2D eigenvalue weighted by Gasteiger charge is 3.01. The molecule has 11 nitrogen and oxygen atoms in total. The third-order valence-electron chi connectivity index (χ3n) is 19.1. The molecule has 4 aliphatic heterocycles. The zero-order chi connectivity index (χ0) is 46.1. The number of hydrogen-bond acceptors (Lipinski definition) is 13. The average molecular weight is 947 g/mol. The molecule has 0 amide bonds. The number of esters is 3. The molecule has 3 saturated heterocycles. The molecule has 2 N–H and O–H groups in total. The summed E-state index contributed by atoms with van der Waals surface area (Å²) in [5.41, 5.74) is 2.92. The molecule has 0 bridgehead atoms. The van der Waals surface area contributed by atoms with Gasteiger partial charge in [0.05, 0.1) is 31.2 Å². The van der Waals surface area contributed by atoms with Gasteiger partial charge >= 0.3 is 17.9 Å². The van der Waals surface area contributed by atoms with E-state index in [1.807, 2.05) is 0 Å². The molecule has 0 aromatic carbocycles. The molecule has 11 aliphatic rings. The summed E-state index contributed by atoms with van der Waals surface area (Å²) in [7, 11) is 3.08. The topological polar surface area (TPSA) is 157 Å². The van der Waals surface area contributed by atoms with Crippen LogP contribution in [0.1, 0.15) is 125 Å². The van der Waals surface area contributed by atoms with Gasteiger partial charge in [-0.2, -0.15) is 0 Å². The quantitative estimate of drug-likeness (QED) is 0.0403. The summed E-state index contributed by atoms with van der Waals surface area (Å²) >= 11 is 0. The highest BCUT2D eigenvalue weighted by molar-refractivity contribution is 8.76. The van der Waals surface area contributed by atoms with E-state index in [0.717, 1.165) is 55.2 Å². The maximum atomic E-state index is 13.7. The number of fused-ring (bicyclic) bond motifs is 5. The maximum absolute atomic E-state index is 13.7. The predicted molar refractivity (Wildman–Crippen MR) is 251 cm³/mol. The summed E-state index contributed by atoms with van der Waals surface area (Å²) in [6, 6.07) is 0. The van der Waals surface area contributed by atoms with Crippen molar-refractivity contribution < 1.29 is 53.0 Å². The molecule has 4 heterocycles. The Labute approximate surface area is 398 Å². The number of allylic oxidation sites excluding steroid dienone is 4. The lowest BCUT2D eigenvalue weighted by molar-refractivity contribution is -0.168. The summed E-state index contributed by atoms with van der Waals surface area (Å²) in [6.07, 6.45) is 17.8. The van der Waals surface area contributed by atoms with Crippen molar-refractivity contribution >= 4 is 39.5 Å². The summed E-state index contributed by atoms with van der Waals surface area (Å²) in [4.78, 5) is 39.3. The second-order valence-electron chi connectivity index (χ2n) is 22.7. The van der Waals surface area contributed by atoms with Crippen LogP contribution in [0.15, 0.2) is 58.7 Å². The number of rotatable bonds is 15. The Bertz CT molecular complexity index is 2180. The van der Waals surface area contributed by atoms with Crippen molar-refractivity contribution in [3.63, 3.8) is 0 Å². The van der Waals surface area contributed by atoms with Crippen LogP contribution < -0.4 is 0 Å². The Morgan fingerprint density at radius 2 is 1.67 bits per heavy atom. The lowest BCUT2D eigenvalue weighted by atomic mass is 9.46. The molecular weight excluding hydrogens is 877 g/mol. The van der Waals surface area contributed by atoms with Gasteiger partial charge in [-0.05, 0) is 122 Å². The summed E-state index contributed by atoms with van der Waals surface area (Å²) < 4.78 is 38.1. The number of aliphatic hydroxyl groups is 2. The molecule has 7 aliphatic carbocycles. The first-order valence-electron chi connectivity index (χ1n) is 25.3. The lowest BCUT2D eigenvalue weighted by Gasteiger charge is -2.53. The number of ether oxygens (including phenoxy) is 6. The van der Waals surface area contributed by atoms with E-state index in [1.54, 1.807) is 21.6 Å². The zero-order valence-corrected chi connectivity index (χ0v) is 41.1. The number of epoxide rings is 3. The van der Waals surface area contributed by atoms with Crippen molar-refractivity contribution in [1.82, 2.24) is 0 Å². The van der Waals surface area contributed by atoms with Gasteiger partial charge in [-0.1, -0.05) is 92.7 Å². The van der Waals surface area contributed by atoms with E-state index in [-0.39, 0.29) is 77.8 Å². The SMILES string of the molecule is C=C1/C(=C\C=C2/CCC[C@@]3(C)C2CCC3[C@@H](C)/C=C/C(O)C2CC2)C[C@@H](OC(=O)CCSSCCC(=O)O[C@@H]2[C@@]3(C(C)C)O[C@H]3[C@@H]3O[C@]34[C@]23O[C@H]3C[C@H]2C3=C(CC[C@@]24C)C(=O)OC3)C[C@@H]1O.